The zero-order valence-corrected chi connectivity index (χ0v) is 12.1. The summed E-state index contributed by atoms with van der Waals surface area (Å²) in [4.78, 5) is 26.6. The van der Waals surface area contributed by atoms with E-state index in [1.165, 1.54) is 0 Å². The van der Waals surface area contributed by atoms with Crippen molar-refractivity contribution in [3.8, 4) is 0 Å². The topological polar surface area (TPSA) is 70.1 Å². The number of hydrogen-bond donors (Lipinski definition) is 1. The van der Waals surface area contributed by atoms with Crippen molar-refractivity contribution in [3.63, 3.8) is 0 Å². The fraction of sp³-hybridized carbons (Fsp3) is 0.467. The van der Waals surface area contributed by atoms with Crippen LogP contribution in [0.25, 0.3) is 0 Å². The van der Waals surface area contributed by atoms with Crippen molar-refractivity contribution < 1.29 is 19.4 Å². The highest BCUT2D eigenvalue weighted by Gasteiger charge is 2.25. The first-order valence-corrected chi connectivity index (χ1v) is 6.93. The van der Waals surface area contributed by atoms with E-state index in [4.69, 9.17) is 9.84 Å². The first-order valence-electron chi connectivity index (χ1n) is 6.93. The van der Waals surface area contributed by atoms with Gasteiger partial charge < -0.3 is 14.7 Å². The lowest BCUT2D eigenvalue weighted by atomic mass is 10.2. The third kappa shape index (κ3) is 4.03. The quantitative estimate of drug-likeness (QED) is 0.797. The summed E-state index contributed by atoms with van der Waals surface area (Å²) in [6, 6.07) is 7.81. The van der Waals surface area contributed by atoms with Gasteiger partial charge in [0.2, 0.25) is 5.91 Å². The molecule has 0 aromatic heterocycles. The van der Waals surface area contributed by atoms with Gasteiger partial charge in [0.1, 0.15) is 0 Å². The van der Waals surface area contributed by atoms with Crippen molar-refractivity contribution >= 4 is 17.6 Å². The summed E-state index contributed by atoms with van der Waals surface area (Å²) in [5, 5.41) is 8.91. The van der Waals surface area contributed by atoms with E-state index >= 15 is 0 Å². The number of para-hydroxylation sites is 1. The molecule has 1 aromatic rings. The minimum absolute atomic E-state index is 0.0719. The van der Waals surface area contributed by atoms with Crippen molar-refractivity contribution in [1.82, 2.24) is 4.90 Å². The summed E-state index contributed by atoms with van der Waals surface area (Å²) < 4.78 is 4.96. The number of nitrogens with zero attached hydrogens (tertiary/aromatic N) is 2. The molecule has 2 rings (SSSR count). The Morgan fingerprint density at radius 1 is 1.33 bits per heavy atom. The molecule has 0 saturated carbocycles. The molecule has 0 saturated heterocycles. The summed E-state index contributed by atoms with van der Waals surface area (Å²) in [6.45, 7) is 1.40. The third-order valence-corrected chi connectivity index (χ3v) is 3.52. The van der Waals surface area contributed by atoms with Crippen molar-refractivity contribution in [1.29, 1.82) is 0 Å². The van der Waals surface area contributed by atoms with Crippen LogP contribution < -0.4 is 4.90 Å². The van der Waals surface area contributed by atoms with E-state index in [0.29, 0.717) is 19.7 Å². The first-order chi connectivity index (χ1) is 10.1. The molecule has 0 atom stereocenters. The van der Waals surface area contributed by atoms with E-state index in [1.54, 1.807) is 16.9 Å². The number of carboxylic acid groups (broad SMARTS) is 1. The molecule has 6 nitrogen and oxygen atoms in total. The molecule has 0 unspecified atom stereocenters. The van der Waals surface area contributed by atoms with Crippen LogP contribution in [0.2, 0.25) is 0 Å². The number of hydrogen-bond acceptors (Lipinski definition) is 4. The molecule has 0 aliphatic carbocycles. The number of carbonyl (C=O) groups excluding carboxylic acids is 1. The molecule has 21 heavy (non-hydrogen) atoms. The van der Waals surface area contributed by atoms with Crippen LogP contribution in [0.4, 0.5) is 5.69 Å². The number of fused-ring (bicyclic) bond motifs is 1. The van der Waals surface area contributed by atoms with Crippen LogP contribution in [-0.2, 0) is 20.7 Å². The molecule has 1 N–H and O–H groups in total. The number of aliphatic carboxylic acids is 1. The highest BCUT2D eigenvalue weighted by molar-refractivity contribution is 5.96. The van der Waals surface area contributed by atoms with Crippen LogP contribution in [0.15, 0.2) is 24.3 Å². The molecule has 0 bridgehead atoms. The predicted molar refractivity (Wildman–Crippen MR) is 78.5 cm³/mol. The number of rotatable bonds is 7. The van der Waals surface area contributed by atoms with Crippen LogP contribution in [0.5, 0.6) is 0 Å². The van der Waals surface area contributed by atoms with Crippen LogP contribution >= 0.6 is 0 Å². The maximum absolute atomic E-state index is 12.4. The molecular weight excluding hydrogens is 272 g/mol. The van der Waals surface area contributed by atoms with Crippen molar-refractivity contribution in [2.24, 2.45) is 0 Å². The van der Waals surface area contributed by atoms with Crippen LogP contribution in [-0.4, -0.2) is 61.8 Å². The Morgan fingerprint density at radius 2 is 2.10 bits per heavy atom. The third-order valence-electron chi connectivity index (χ3n) is 3.52. The molecule has 6 heteroatoms. The Bertz CT molecular complexity index is 518. The summed E-state index contributed by atoms with van der Waals surface area (Å²) in [5.41, 5.74) is 2.09. The standard InChI is InChI=1S/C15H20N2O4/c1-21-9-8-16(11-15(19)20)10-14(18)17-7-6-12-4-2-3-5-13(12)17/h2-5H,6-11H2,1H3,(H,19,20). The van der Waals surface area contributed by atoms with Crippen molar-refractivity contribution in [3.05, 3.63) is 29.8 Å². The van der Waals surface area contributed by atoms with Crippen LogP contribution in [0.3, 0.4) is 0 Å². The summed E-state index contributed by atoms with van der Waals surface area (Å²) in [5.74, 6) is -1.02. The first kappa shape index (κ1) is 15.5. The molecular formula is C15H20N2O4. The summed E-state index contributed by atoms with van der Waals surface area (Å²) in [6.07, 6.45) is 0.846. The number of ether oxygens (including phenoxy) is 1. The predicted octanol–water partition coefficient (Wildman–Crippen LogP) is 0.609. The molecule has 1 amide bonds. The molecule has 0 radical (unpaired) electrons. The van der Waals surface area contributed by atoms with Gasteiger partial charge in [0.05, 0.1) is 19.7 Å². The van der Waals surface area contributed by atoms with Gasteiger partial charge in [-0.05, 0) is 18.1 Å². The second kappa shape index (κ2) is 7.19. The number of methoxy groups -OCH3 is 1. The molecule has 114 valence electrons. The van der Waals surface area contributed by atoms with Crippen LogP contribution in [0.1, 0.15) is 5.56 Å². The lowest BCUT2D eigenvalue weighted by molar-refractivity contribution is -0.138. The molecule has 1 aliphatic heterocycles. The van der Waals surface area contributed by atoms with Gasteiger partial charge in [-0.15, -0.1) is 0 Å². The molecule has 1 heterocycles. The molecule has 1 aliphatic rings. The van der Waals surface area contributed by atoms with Gasteiger partial charge in [-0.25, -0.2) is 0 Å². The van der Waals surface area contributed by atoms with E-state index in [1.807, 2.05) is 24.3 Å². The van der Waals surface area contributed by atoms with E-state index in [0.717, 1.165) is 17.7 Å². The van der Waals surface area contributed by atoms with E-state index in [9.17, 15) is 9.59 Å². The average molecular weight is 292 g/mol. The van der Waals surface area contributed by atoms with Gasteiger partial charge in [0.25, 0.3) is 0 Å². The maximum atomic E-state index is 12.4. The zero-order chi connectivity index (χ0) is 15.2. The number of carboxylic acids is 1. The lowest BCUT2D eigenvalue weighted by Crippen LogP contribution is -2.42. The molecule has 0 spiro atoms. The Morgan fingerprint density at radius 3 is 2.81 bits per heavy atom. The van der Waals surface area contributed by atoms with Gasteiger partial charge in [-0.2, -0.15) is 0 Å². The minimum atomic E-state index is -0.944. The number of amides is 1. The van der Waals surface area contributed by atoms with Gasteiger partial charge >= 0.3 is 5.97 Å². The lowest BCUT2D eigenvalue weighted by Gasteiger charge is -2.23. The SMILES string of the molecule is COCCN(CC(=O)O)CC(=O)N1CCc2ccccc21. The molecule has 1 aromatic carbocycles. The van der Waals surface area contributed by atoms with Crippen molar-refractivity contribution in [2.45, 2.75) is 6.42 Å². The van der Waals surface area contributed by atoms with E-state index < -0.39 is 5.97 Å². The van der Waals surface area contributed by atoms with Gasteiger partial charge in [0, 0.05) is 25.9 Å². The van der Waals surface area contributed by atoms with E-state index in [-0.39, 0.29) is 19.0 Å². The van der Waals surface area contributed by atoms with Crippen molar-refractivity contribution in [2.75, 3.05) is 44.8 Å². The fourth-order valence-corrected chi connectivity index (χ4v) is 2.50. The highest BCUT2D eigenvalue weighted by atomic mass is 16.5. The highest BCUT2D eigenvalue weighted by Crippen LogP contribution is 2.27. The monoisotopic (exact) mass is 292 g/mol. The maximum Gasteiger partial charge on any atom is 0.317 e. The second-order valence-corrected chi connectivity index (χ2v) is 5.02. The summed E-state index contributed by atoms with van der Waals surface area (Å²) in [7, 11) is 1.55. The average Bonchev–Trinajstić information content (AvgIpc) is 2.88. The normalized spacial score (nSPS) is 13.5. The Hall–Kier alpha value is -1.92. The number of anilines is 1. The minimum Gasteiger partial charge on any atom is -0.480 e. The van der Waals surface area contributed by atoms with Gasteiger partial charge in [-0.3, -0.25) is 14.5 Å². The Balaban J connectivity index is 2.00. The Kier molecular flexibility index (Phi) is 5.30. The Labute approximate surface area is 123 Å². The fourth-order valence-electron chi connectivity index (χ4n) is 2.50. The zero-order valence-electron chi connectivity index (χ0n) is 12.1. The summed E-state index contributed by atoms with van der Waals surface area (Å²) >= 11 is 0. The smallest absolute Gasteiger partial charge is 0.317 e. The number of carbonyl (C=O) groups is 2. The van der Waals surface area contributed by atoms with Gasteiger partial charge in [-0.1, -0.05) is 18.2 Å². The van der Waals surface area contributed by atoms with E-state index in [2.05, 4.69) is 0 Å². The number of benzene rings is 1. The van der Waals surface area contributed by atoms with Crippen LogP contribution in [0, 0.1) is 0 Å². The van der Waals surface area contributed by atoms with Gasteiger partial charge in [0.15, 0.2) is 0 Å². The second-order valence-electron chi connectivity index (χ2n) is 5.02. The molecule has 0 fully saturated rings. The largest absolute Gasteiger partial charge is 0.480 e.